The number of nitrogens with one attached hydrogen (secondary N) is 1. The van der Waals surface area contributed by atoms with Gasteiger partial charge in [-0.25, -0.2) is 0 Å². The zero-order valence-corrected chi connectivity index (χ0v) is 12.0. The molecule has 0 spiro atoms. The maximum absolute atomic E-state index is 12.0. The van der Waals surface area contributed by atoms with Gasteiger partial charge in [0.2, 0.25) is 5.75 Å². The second kappa shape index (κ2) is 6.32. The highest BCUT2D eigenvalue weighted by Gasteiger charge is 2.18. The molecule has 0 aliphatic carbocycles. The maximum atomic E-state index is 12.0. The molecule has 0 bridgehead atoms. The van der Waals surface area contributed by atoms with E-state index < -0.39 is 0 Å². The van der Waals surface area contributed by atoms with Crippen LogP contribution in [0.5, 0.6) is 17.2 Å². The first-order chi connectivity index (χ1) is 9.72. The third-order valence-electron chi connectivity index (χ3n) is 2.83. The molecule has 20 heavy (non-hydrogen) atoms. The number of H-pyrrole nitrogens is 1. The predicted molar refractivity (Wildman–Crippen MR) is 78.1 cm³/mol. The molecule has 1 N–H and O–H groups in total. The van der Waals surface area contributed by atoms with Crippen LogP contribution < -0.4 is 19.8 Å². The molecule has 1 heterocycles. The highest BCUT2D eigenvalue weighted by Crippen LogP contribution is 2.42. The van der Waals surface area contributed by atoms with E-state index in [-0.39, 0.29) is 5.56 Å². The van der Waals surface area contributed by atoms with Crippen LogP contribution in [0.1, 0.15) is 20.8 Å². The zero-order valence-electron chi connectivity index (χ0n) is 12.0. The van der Waals surface area contributed by atoms with Crippen LogP contribution in [0.3, 0.4) is 0 Å². The Bertz CT molecular complexity index is 648. The van der Waals surface area contributed by atoms with E-state index in [1.807, 2.05) is 20.8 Å². The second-order valence-corrected chi connectivity index (χ2v) is 4.10. The van der Waals surface area contributed by atoms with Gasteiger partial charge in [0, 0.05) is 11.6 Å². The van der Waals surface area contributed by atoms with Gasteiger partial charge in [-0.2, -0.15) is 0 Å². The first-order valence-electron chi connectivity index (χ1n) is 6.79. The molecule has 0 atom stereocenters. The summed E-state index contributed by atoms with van der Waals surface area (Å²) in [6.07, 6.45) is 1.60. The molecule has 0 aliphatic rings. The molecule has 2 rings (SSSR count). The zero-order chi connectivity index (χ0) is 14.5. The summed E-state index contributed by atoms with van der Waals surface area (Å²) in [6.45, 7) is 7.14. The molecular weight excluding hydrogens is 258 g/mol. The Hall–Kier alpha value is -2.17. The third-order valence-corrected chi connectivity index (χ3v) is 2.83. The van der Waals surface area contributed by atoms with Crippen LogP contribution in [-0.2, 0) is 0 Å². The van der Waals surface area contributed by atoms with Gasteiger partial charge in [-0.3, -0.25) is 4.79 Å². The molecule has 2 aromatic rings. The number of fused-ring (bicyclic) bond motifs is 1. The largest absolute Gasteiger partial charge is 0.490 e. The second-order valence-electron chi connectivity index (χ2n) is 4.10. The molecule has 0 radical (unpaired) electrons. The Morgan fingerprint density at radius 1 is 0.950 bits per heavy atom. The van der Waals surface area contributed by atoms with Crippen molar-refractivity contribution < 1.29 is 14.2 Å². The van der Waals surface area contributed by atoms with E-state index in [9.17, 15) is 4.79 Å². The van der Waals surface area contributed by atoms with Gasteiger partial charge in [0.25, 0.3) is 5.56 Å². The summed E-state index contributed by atoms with van der Waals surface area (Å²) in [5.41, 5.74) is -0.174. The van der Waals surface area contributed by atoms with Crippen molar-refractivity contribution in [2.75, 3.05) is 19.8 Å². The summed E-state index contributed by atoms with van der Waals surface area (Å²) in [6, 6.07) is 3.51. The lowest BCUT2D eigenvalue weighted by Gasteiger charge is -2.17. The van der Waals surface area contributed by atoms with Crippen molar-refractivity contribution in [2.45, 2.75) is 20.8 Å². The monoisotopic (exact) mass is 277 g/mol. The van der Waals surface area contributed by atoms with E-state index in [1.165, 1.54) is 0 Å². The molecule has 5 nitrogen and oxygen atoms in total. The fourth-order valence-corrected chi connectivity index (χ4v) is 2.09. The average molecular weight is 277 g/mol. The molecule has 0 saturated carbocycles. The summed E-state index contributed by atoms with van der Waals surface area (Å²) in [4.78, 5) is 14.6. The Labute approximate surface area is 117 Å². The van der Waals surface area contributed by atoms with Gasteiger partial charge in [0.15, 0.2) is 11.5 Å². The van der Waals surface area contributed by atoms with Gasteiger partial charge < -0.3 is 19.2 Å². The van der Waals surface area contributed by atoms with E-state index in [0.29, 0.717) is 42.5 Å². The van der Waals surface area contributed by atoms with Crippen molar-refractivity contribution >= 4 is 10.8 Å². The number of pyridine rings is 1. The standard InChI is InChI=1S/C15H19NO4/c1-4-18-12-9-11-10(7-8-16-15(11)17)13(19-5-2)14(12)20-6-3/h7-9H,4-6H2,1-3H3,(H,16,17). The molecule has 0 aliphatic heterocycles. The molecule has 0 saturated heterocycles. The third kappa shape index (κ3) is 2.57. The van der Waals surface area contributed by atoms with Gasteiger partial charge in [-0.1, -0.05) is 0 Å². The lowest BCUT2D eigenvalue weighted by molar-refractivity contribution is 0.263. The van der Waals surface area contributed by atoms with Crippen LogP contribution in [0.4, 0.5) is 0 Å². The summed E-state index contributed by atoms with van der Waals surface area (Å²) in [5.74, 6) is 1.64. The molecular formula is C15H19NO4. The van der Waals surface area contributed by atoms with Crippen molar-refractivity contribution in [3.05, 3.63) is 28.7 Å². The van der Waals surface area contributed by atoms with Crippen molar-refractivity contribution in [3.63, 3.8) is 0 Å². The highest BCUT2D eigenvalue weighted by molar-refractivity contribution is 5.92. The predicted octanol–water partition coefficient (Wildman–Crippen LogP) is 2.72. The van der Waals surface area contributed by atoms with Crippen LogP contribution in [0.25, 0.3) is 10.8 Å². The summed E-state index contributed by atoms with van der Waals surface area (Å²) in [7, 11) is 0. The van der Waals surface area contributed by atoms with Crippen molar-refractivity contribution in [1.29, 1.82) is 0 Å². The Balaban J connectivity index is 2.78. The summed E-state index contributed by atoms with van der Waals surface area (Å²) < 4.78 is 16.9. The van der Waals surface area contributed by atoms with E-state index >= 15 is 0 Å². The smallest absolute Gasteiger partial charge is 0.256 e. The number of benzene rings is 1. The van der Waals surface area contributed by atoms with Crippen LogP contribution in [0.15, 0.2) is 23.1 Å². The average Bonchev–Trinajstić information content (AvgIpc) is 2.44. The van der Waals surface area contributed by atoms with Crippen molar-refractivity contribution in [3.8, 4) is 17.2 Å². The quantitative estimate of drug-likeness (QED) is 0.882. The maximum Gasteiger partial charge on any atom is 0.256 e. The molecule has 0 amide bonds. The Morgan fingerprint density at radius 3 is 2.25 bits per heavy atom. The SMILES string of the molecule is CCOc1cc2c(=O)[nH]ccc2c(OCC)c1OCC. The number of hydrogen-bond donors (Lipinski definition) is 1. The molecule has 1 aromatic carbocycles. The van der Waals surface area contributed by atoms with Gasteiger partial charge in [0.05, 0.1) is 25.2 Å². The Kier molecular flexibility index (Phi) is 4.50. The van der Waals surface area contributed by atoms with Crippen LogP contribution in [0, 0.1) is 0 Å². The van der Waals surface area contributed by atoms with Gasteiger partial charge in [0.1, 0.15) is 0 Å². The minimum absolute atomic E-state index is 0.174. The van der Waals surface area contributed by atoms with Gasteiger partial charge in [-0.05, 0) is 32.9 Å². The van der Waals surface area contributed by atoms with Crippen molar-refractivity contribution in [2.24, 2.45) is 0 Å². The number of ether oxygens (including phenoxy) is 3. The molecule has 0 unspecified atom stereocenters. The number of rotatable bonds is 6. The van der Waals surface area contributed by atoms with E-state index in [2.05, 4.69) is 4.98 Å². The highest BCUT2D eigenvalue weighted by atomic mass is 16.5. The minimum Gasteiger partial charge on any atom is -0.490 e. The number of aromatic amines is 1. The van der Waals surface area contributed by atoms with Crippen LogP contribution in [0.2, 0.25) is 0 Å². The van der Waals surface area contributed by atoms with Crippen LogP contribution >= 0.6 is 0 Å². The minimum atomic E-state index is -0.174. The van der Waals surface area contributed by atoms with Crippen LogP contribution in [-0.4, -0.2) is 24.8 Å². The first kappa shape index (κ1) is 14.2. The first-order valence-corrected chi connectivity index (χ1v) is 6.79. The molecule has 1 aromatic heterocycles. The normalized spacial score (nSPS) is 10.6. The fourth-order valence-electron chi connectivity index (χ4n) is 2.09. The summed E-state index contributed by atoms with van der Waals surface area (Å²) in [5, 5.41) is 1.25. The van der Waals surface area contributed by atoms with Crippen molar-refractivity contribution in [1.82, 2.24) is 4.98 Å². The van der Waals surface area contributed by atoms with E-state index in [1.54, 1.807) is 18.3 Å². The lowest BCUT2D eigenvalue weighted by atomic mass is 10.1. The molecule has 5 heteroatoms. The van der Waals surface area contributed by atoms with E-state index in [0.717, 1.165) is 5.39 Å². The topological polar surface area (TPSA) is 60.6 Å². The Morgan fingerprint density at radius 2 is 1.60 bits per heavy atom. The van der Waals surface area contributed by atoms with Gasteiger partial charge in [-0.15, -0.1) is 0 Å². The van der Waals surface area contributed by atoms with E-state index in [4.69, 9.17) is 14.2 Å². The fraction of sp³-hybridized carbons (Fsp3) is 0.400. The van der Waals surface area contributed by atoms with Gasteiger partial charge >= 0.3 is 0 Å². The lowest BCUT2D eigenvalue weighted by Crippen LogP contribution is -2.08. The number of aromatic nitrogens is 1. The molecule has 0 fully saturated rings. The molecule has 108 valence electrons. The summed E-state index contributed by atoms with van der Waals surface area (Å²) >= 11 is 0. The number of hydrogen-bond acceptors (Lipinski definition) is 4.